The Morgan fingerprint density at radius 3 is 2.72 bits per heavy atom. The van der Waals surface area contributed by atoms with E-state index < -0.39 is 10.0 Å². The molecule has 0 saturated heterocycles. The van der Waals surface area contributed by atoms with Crippen molar-refractivity contribution in [3.63, 3.8) is 0 Å². The molecule has 2 heterocycles. The summed E-state index contributed by atoms with van der Waals surface area (Å²) in [5, 5.41) is 12.3. The summed E-state index contributed by atoms with van der Waals surface area (Å²) >= 11 is 0. The first-order chi connectivity index (χ1) is 8.62. The summed E-state index contributed by atoms with van der Waals surface area (Å²) in [6.45, 7) is -0.151. The number of aliphatic hydroxyl groups excluding tert-OH is 1. The van der Waals surface area contributed by atoms with Gasteiger partial charge in [0.1, 0.15) is 6.26 Å². The third-order valence-corrected chi connectivity index (χ3v) is 3.51. The number of aliphatic hydroxyl groups is 1. The van der Waals surface area contributed by atoms with Crippen LogP contribution >= 0.6 is 0 Å². The Labute approximate surface area is 104 Å². The highest BCUT2D eigenvalue weighted by molar-refractivity contribution is 7.89. The van der Waals surface area contributed by atoms with Gasteiger partial charge in [-0.1, -0.05) is 11.2 Å². The van der Waals surface area contributed by atoms with Crippen LogP contribution in [0.2, 0.25) is 0 Å². The fraction of sp³-hybridized carbons (Fsp3) is 0.200. The van der Waals surface area contributed by atoms with Crippen LogP contribution in [-0.4, -0.2) is 23.7 Å². The number of nitrogens with zero attached hydrogens (tertiary/aromatic N) is 2. The van der Waals surface area contributed by atoms with Crippen LogP contribution in [0, 0.1) is 0 Å². The van der Waals surface area contributed by atoms with Crippen molar-refractivity contribution in [2.24, 2.45) is 0 Å². The van der Waals surface area contributed by atoms with Crippen LogP contribution in [0.4, 0.5) is 0 Å². The average molecular weight is 269 g/mol. The molecule has 2 N–H and O–H groups in total. The summed E-state index contributed by atoms with van der Waals surface area (Å²) in [5.41, 5.74) is 1.02. The average Bonchev–Trinajstić information content (AvgIpc) is 2.90. The second kappa shape index (κ2) is 5.25. The van der Waals surface area contributed by atoms with Gasteiger partial charge >= 0.3 is 0 Å². The minimum absolute atomic E-state index is 0.0300. The Morgan fingerprint density at radius 2 is 2.17 bits per heavy atom. The van der Waals surface area contributed by atoms with Crippen LogP contribution < -0.4 is 4.72 Å². The van der Waals surface area contributed by atoms with Gasteiger partial charge in [0.15, 0.2) is 5.03 Å². The maximum Gasteiger partial charge on any atom is 0.258 e. The Hall–Kier alpha value is -1.77. The van der Waals surface area contributed by atoms with Gasteiger partial charge in [-0.25, -0.2) is 18.1 Å². The summed E-state index contributed by atoms with van der Waals surface area (Å²) in [4.78, 5) is 3.77. The highest BCUT2D eigenvalue weighted by atomic mass is 32.2. The van der Waals surface area contributed by atoms with Crippen molar-refractivity contribution in [2.45, 2.75) is 18.2 Å². The van der Waals surface area contributed by atoms with E-state index in [0.717, 1.165) is 0 Å². The molecule has 18 heavy (non-hydrogen) atoms. The van der Waals surface area contributed by atoms with Crippen molar-refractivity contribution in [1.82, 2.24) is 14.9 Å². The van der Waals surface area contributed by atoms with Crippen LogP contribution in [0.3, 0.4) is 0 Å². The topological polar surface area (TPSA) is 105 Å². The van der Waals surface area contributed by atoms with E-state index in [1.54, 1.807) is 6.07 Å². The number of hydrogen-bond acceptors (Lipinski definition) is 6. The molecule has 0 fully saturated rings. The lowest BCUT2D eigenvalue weighted by Gasteiger charge is -2.04. The molecule has 0 bridgehead atoms. The van der Waals surface area contributed by atoms with E-state index in [1.165, 1.54) is 24.6 Å². The first-order valence-electron chi connectivity index (χ1n) is 5.06. The molecule has 8 heteroatoms. The SMILES string of the molecule is O=S(=O)(NCc1ccon1)c1ccc(CO)cn1. The Balaban J connectivity index is 2.09. The van der Waals surface area contributed by atoms with E-state index in [-0.39, 0.29) is 18.2 Å². The van der Waals surface area contributed by atoms with Gasteiger partial charge in [0.25, 0.3) is 10.0 Å². The van der Waals surface area contributed by atoms with Crippen LogP contribution in [-0.2, 0) is 23.2 Å². The molecule has 0 aliphatic heterocycles. The van der Waals surface area contributed by atoms with E-state index >= 15 is 0 Å². The zero-order valence-corrected chi connectivity index (χ0v) is 10.1. The second-order valence-electron chi connectivity index (χ2n) is 3.48. The zero-order valence-electron chi connectivity index (χ0n) is 9.28. The van der Waals surface area contributed by atoms with Crippen molar-refractivity contribution < 1.29 is 18.0 Å². The number of hydrogen-bond donors (Lipinski definition) is 2. The van der Waals surface area contributed by atoms with E-state index in [2.05, 4.69) is 19.4 Å². The highest BCUT2D eigenvalue weighted by Gasteiger charge is 2.15. The molecule has 0 unspecified atom stereocenters. The van der Waals surface area contributed by atoms with E-state index in [1.807, 2.05) is 0 Å². The van der Waals surface area contributed by atoms with Crippen LogP contribution in [0.5, 0.6) is 0 Å². The summed E-state index contributed by atoms with van der Waals surface area (Å²) in [7, 11) is -3.69. The molecule has 0 spiro atoms. The molecule has 0 atom stereocenters. The highest BCUT2D eigenvalue weighted by Crippen LogP contribution is 2.07. The smallest absolute Gasteiger partial charge is 0.258 e. The normalized spacial score (nSPS) is 11.6. The quantitative estimate of drug-likeness (QED) is 0.794. The van der Waals surface area contributed by atoms with E-state index in [0.29, 0.717) is 11.3 Å². The van der Waals surface area contributed by atoms with Crippen LogP contribution in [0.1, 0.15) is 11.3 Å². The van der Waals surface area contributed by atoms with Gasteiger partial charge in [0.05, 0.1) is 18.8 Å². The van der Waals surface area contributed by atoms with Crippen LogP contribution in [0.15, 0.2) is 40.2 Å². The first-order valence-corrected chi connectivity index (χ1v) is 6.55. The fourth-order valence-corrected chi connectivity index (χ4v) is 2.16. The number of rotatable bonds is 5. The number of nitrogens with one attached hydrogen (secondary N) is 1. The van der Waals surface area contributed by atoms with Gasteiger partial charge in [-0.05, 0) is 11.6 Å². The van der Waals surface area contributed by atoms with Crippen LogP contribution in [0.25, 0.3) is 0 Å². The Morgan fingerprint density at radius 1 is 1.33 bits per heavy atom. The largest absolute Gasteiger partial charge is 0.392 e. The molecule has 0 aromatic carbocycles. The molecule has 2 aromatic rings. The monoisotopic (exact) mass is 269 g/mol. The third kappa shape index (κ3) is 2.92. The predicted molar refractivity (Wildman–Crippen MR) is 60.7 cm³/mol. The third-order valence-electron chi connectivity index (χ3n) is 2.19. The lowest BCUT2D eigenvalue weighted by molar-refractivity contribution is 0.281. The molecule has 7 nitrogen and oxygen atoms in total. The molecule has 0 amide bonds. The number of aromatic nitrogens is 2. The van der Waals surface area contributed by atoms with E-state index in [9.17, 15) is 8.42 Å². The maximum absolute atomic E-state index is 11.8. The summed E-state index contributed by atoms with van der Waals surface area (Å²) in [5.74, 6) is 0. The molecular weight excluding hydrogens is 258 g/mol. The van der Waals surface area contributed by atoms with Crippen molar-refractivity contribution in [1.29, 1.82) is 0 Å². The molecule has 96 valence electrons. The lowest BCUT2D eigenvalue weighted by Crippen LogP contribution is -2.24. The van der Waals surface area contributed by atoms with Gasteiger partial charge < -0.3 is 9.63 Å². The molecule has 0 aliphatic rings. The minimum atomic E-state index is -3.69. The molecule has 2 rings (SSSR count). The van der Waals surface area contributed by atoms with Gasteiger partial charge in [-0.3, -0.25) is 0 Å². The van der Waals surface area contributed by atoms with Gasteiger partial charge in [-0.15, -0.1) is 0 Å². The standard InChI is InChI=1S/C10H11N3O4S/c14-7-8-1-2-10(11-5-8)18(15,16)12-6-9-3-4-17-13-9/h1-5,12,14H,6-7H2. The zero-order chi connectivity index (χ0) is 13.0. The Kier molecular flexibility index (Phi) is 3.70. The summed E-state index contributed by atoms with van der Waals surface area (Å²) in [6.07, 6.45) is 2.67. The van der Waals surface area contributed by atoms with Crippen molar-refractivity contribution in [3.05, 3.63) is 41.9 Å². The van der Waals surface area contributed by atoms with Gasteiger partial charge in [0.2, 0.25) is 0 Å². The van der Waals surface area contributed by atoms with Crippen molar-refractivity contribution in [2.75, 3.05) is 0 Å². The number of pyridine rings is 1. The fourth-order valence-electron chi connectivity index (χ4n) is 1.24. The van der Waals surface area contributed by atoms with Gasteiger partial charge in [-0.2, -0.15) is 0 Å². The van der Waals surface area contributed by atoms with Crippen molar-refractivity contribution >= 4 is 10.0 Å². The van der Waals surface area contributed by atoms with Crippen molar-refractivity contribution in [3.8, 4) is 0 Å². The second-order valence-corrected chi connectivity index (χ2v) is 5.19. The Bertz CT molecular complexity index is 593. The predicted octanol–water partition coefficient (Wildman–Crippen LogP) is 0.0404. The summed E-state index contributed by atoms with van der Waals surface area (Å²) in [6, 6.07) is 4.39. The number of sulfonamides is 1. The minimum Gasteiger partial charge on any atom is -0.392 e. The van der Waals surface area contributed by atoms with E-state index in [4.69, 9.17) is 5.11 Å². The molecule has 0 saturated carbocycles. The molecular formula is C10H11N3O4S. The summed E-state index contributed by atoms with van der Waals surface area (Å²) < 4.78 is 30.6. The molecule has 2 aromatic heterocycles. The van der Waals surface area contributed by atoms with Gasteiger partial charge in [0, 0.05) is 12.3 Å². The lowest BCUT2D eigenvalue weighted by atomic mass is 10.3. The molecule has 0 aliphatic carbocycles. The maximum atomic E-state index is 11.8. The molecule has 0 radical (unpaired) electrons. The first kappa shape index (κ1) is 12.7.